The van der Waals surface area contributed by atoms with Crippen molar-refractivity contribution in [3.63, 3.8) is 0 Å². The van der Waals surface area contributed by atoms with Crippen molar-refractivity contribution in [3.8, 4) is 17.0 Å². The number of carboxylic acids is 1. The Morgan fingerprint density at radius 2 is 1.76 bits per heavy atom. The summed E-state index contributed by atoms with van der Waals surface area (Å²) in [5.74, 6) is -1.27. The van der Waals surface area contributed by atoms with E-state index in [1.165, 1.54) is 0 Å². The van der Waals surface area contributed by atoms with Crippen molar-refractivity contribution in [2.75, 3.05) is 6.61 Å². The second kappa shape index (κ2) is 8.86. The largest absolute Gasteiger partial charge is 0.480 e. The van der Waals surface area contributed by atoms with E-state index < -0.39 is 18.5 Å². The number of benzene rings is 2. The molecular weight excluding hydrogens is 430 g/mol. The molecule has 0 spiro atoms. The minimum Gasteiger partial charge on any atom is -0.480 e. The fourth-order valence-electron chi connectivity index (χ4n) is 4.54. The Bertz CT molecular complexity index is 1420. The first kappa shape index (κ1) is 21.5. The molecule has 5 rings (SSSR count). The summed E-state index contributed by atoms with van der Waals surface area (Å²) in [6, 6.07) is 21.4. The van der Waals surface area contributed by atoms with Crippen LogP contribution >= 0.6 is 0 Å². The lowest BCUT2D eigenvalue weighted by Crippen LogP contribution is -2.16. The third-order valence-corrected chi connectivity index (χ3v) is 5.98. The summed E-state index contributed by atoms with van der Waals surface area (Å²) in [6.45, 7) is -0.516. The summed E-state index contributed by atoms with van der Waals surface area (Å²) in [5.41, 5.74) is 11.9. The van der Waals surface area contributed by atoms with E-state index in [9.17, 15) is 14.7 Å². The first-order valence-electron chi connectivity index (χ1n) is 11.0. The zero-order chi connectivity index (χ0) is 23.7. The molecule has 1 amide bonds. The molecule has 7 nitrogen and oxygen atoms in total. The van der Waals surface area contributed by atoms with Crippen LogP contribution in [0.3, 0.4) is 0 Å². The normalized spacial score (nSPS) is 12.8. The number of aromatic nitrogens is 2. The Labute approximate surface area is 196 Å². The molecule has 3 N–H and O–H groups in total. The van der Waals surface area contributed by atoms with Gasteiger partial charge in [-0.3, -0.25) is 4.79 Å². The summed E-state index contributed by atoms with van der Waals surface area (Å²) in [6.07, 6.45) is 3.83. The van der Waals surface area contributed by atoms with Gasteiger partial charge in [0.25, 0.3) is 0 Å². The SMILES string of the molecule is NC(=O)C1=CCCc2c1c1c(OCC(=O)O)cc(-c3ccccc3)nn1c2Cc1ccccc1. The molecule has 0 unspecified atom stereocenters. The highest BCUT2D eigenvalue weighted by Gasteiger charge is 2.29. The van der Waals surface area contributed by atoms with Gasteiger partial charge in [0.2, 0.25) is 5.91 Å². The third kappa shape index (κ3) is 3.92. The minimum atomic E-state index is -1.09. The molecular formula is C27H23N3O4. The van der Waals surface area contributed by atoms with Gasteiger partial charge in [0, 0.05) is 29.2 Å². The van der Waals surface area contributed by atoms with Crippen LogP contribution in [0.1, 0.15) is 28.8 Å². The third-order valence-electron chi connectivity index (χ3n) is 5.98. The van der Waals surface area contributed by atoms with Crippen molar-refractivity contribution >= 4 is 23.0 Å². The molecule has 0 saturated carbocycles. The number of carboxylic acid groups (broad SMARTS) is 1. The zero-order valence-corrected chi connectivity index (χ0v) is 18.4. The van der Waals surface area contributed by atoms with Gasteiger partial charge in [-0.2, -0.15) is 5.10 Å². The number of allylic oxidation sites excluding steroid dienone is 1. The van der Waals surface area contributed by atoms with E-state index in [2.05, 4.69) is 0 Å². The quantitative estimate of drug-likeness (QED) is 0.442. The van der Waals surface area contributed by atoms with Crippen LogP contribution in [0.5, 0.6) is 5.75 Å². The van der Waals surface area contributed by atoms with Crippen molar-refractivity contribution in [2.24, 2.45) is 5.73 Å². The highest BCUT2D eigenvalue weighted by molar-refractivity contribution is 6.22. The van der Waals surface area contributed by atoms with Gasteiger partial charge in [0.1, 0.15) is 11.3 Å². The van der Waals surface area contributed by atoms with Gasteiger partial charge >= 0.3 is 5.97 Å². The summed E-state index contributed by atoms with van der Waals surface area (Å²) in [4.78, 5) is 23.7. The number of rotatable bonds is 7. The molecule has 0 atom stereocenters. The molecule has 1 aliphatic carbocycles. The Balaban J connectivity index is 1.82. The van der Waals surface area contributed by atoms with Crippen molar-refractivity contribution in [3.05, 3.63) is 95.2 Å². The maximum atomic E-state index is 12.4. The lowest BCUT2D eigenvalue weighted by molar-refractivity contribution is -0.139. The van der Waals surface area contributed by atoms with Gasteiger partial charge in [0.05, 0.1) is 11.4 Å². The van der Waals surface area contributed by atoms with Crippen LogP contribution in [0, 0.1) is 0 Å². The molecule has 0 fully saturated rings. The van der Waals surface area contributed by atoms with E-state index in [-0.39, 0.29) is 0 Å². The van der Waals surface area contributed by atoms with Crippen LogP contribution in [-0.2, 0) is 22.4 Å². The number of ether oxygens (including phenoxy) is 1. The Hall–Kier alpha value is -4.39. The minimum absolute atomic E-state index is 0.348. The van der Waals surface area contributed by atoms with Gasteiger partial charge in [-0.05, 0) is 24.0 Å². The maximum absolute atomic E-state index is 12.4. The van der Waals surface area contributed by atoms with Crippen molar-refractivity contribution in [1.82, 2.24) is 9.61 Å². The molecule has 0 saturated heterocycles. The van der Waals surface area contributed by atoms with Crippen molar-refractivity contribution in [2.45, 2.75) is 19.3 Å². The molecule has 1 aliphatic rings. The molecule has 34 heavy (non-hydrogen) atoms. The highest BCUT2D eigenvalue weighted by Crippen LogP contribution is 2.40. The molecule has 170 valence electrons. The Morgan fingerprint density at radius 3 is 2.44 bits per heavy atom. The smallest absolute Gasteiger partial charge is 0.341 e. The topological polar surface area (TPSA) is 107 Å². The second-order valence-corrected chi connectivity index (χ2v) is 8.19. The molecule has 7 heteroatoms. The molecule has 2 aromatic carbocycles. The molecule has 0 radical (unpaired) electrons. The first-order valence-corrected chi connectivity index (χ1v) is 11.0. The van der Waals surface area contributed by atoms with Crippen LogP contribution in [0.4, 0.5) is 0 Å². The number of primary amides is 1. The van der Waals surface area contributed by atoms with Gasteiger partial charge in [-0.15, -0.1) is 0 Å². The number of aliphatic carboxylic acids is 1. The van der Waals surface area contributed by atoms with Gasteiger partial charge < -0.3 is 15.6 Å². The molecule has 4 aromatic rings. The van der Waals surface area contributed by atoms with E-state index in [4.69, 9.17) is 15.6 Å². The zero-order valence-electron chi connectivity index (χ0n) is 18.4. The van der Waals surface area contributed by atoms with Crippen molar-refractivity contribution in [1.29, 1.82) is 0 Å². The number of amides is 1. The molecule has 0 bridgehead atoms. The Morgan fingerprint density at radius 1 is 1.06 bits per heavy atom. The second-order valence-electron chi connectivity index (χ2n) is 8.19. The molecule has 2 heterocycles. The lowest BCUT2D eigenvalue weighted by atomic mass is 9.90. The summed E-state index contributed by atoms with van der Waals surface area (Å²) < 4.78 is 7.57. The van der Waals surface area contributed by atoms with Gasteiger partial charge in [-0.1, -0.05) is 66.7 Å². The fraction of sp³-hybridized carbons (Fsp3) is 0.148. The van der Waals surface area contributed by atoms with Crippen LogP contribution < -0.4 is 10.5 Å². The van der Waals surface area contributed by atoms with Crippen LogP contribution in [-0.4, -0.2) is 33.2 Å². The first-order chi connectivity index (χ1) is 16.5. The fourth-order valence-corrected chi connectivity index (χ4v) is 4.54. The number of nitrogens with two attached hydrogens (primary N) is 1. The number of hydrogen-bond donors (Lipinski definition) is 2. The number of nitrogens with zero attached hydrogens (tertiary/aromatic N) is 2. The number of fused-ring (bicyclic) bond motifs is 3. The van der Waals surface area contributed by atoms with Crippen LogP contribution in [0.15, 0.2) is 72.8 Å². The van der Waals surface area contributed by atoms with Gasteiger partial charge in [0.15, 0.2) is 6.61 Å². The van der Waals surface area contributed by atoms with E-state index in [0.29, 0.717) is 40.9 Å². The van der Waals surface area contributed by atoms with E-state index in [0.717, 1.165) is 28.8 Å². The monoisotopic (exact) mass is 453 g/mol. The summed E-state index contributed by atoms with van der Waals surface area (Å²) in [7, 11) is 0. The number of carbonyl (C=O) groups is 2. The van der Waals surface area contributed by atoms with Crippen LogP contribution in [0.2, 0.25) is 0 Å². The predicted octanol–water partition coefficient (Wildman–Crippen LogP) is 3.87. The van der Waals surface area contributed by atoms with E-state index in [1.807, 2.05) is 66.7 Å². The summed E-state index contributed by atoms with van der Waals surface area (Å²) >= 11 is 0. The predicted molar refractivity (Wildman–Crippen MR) is 128 cm³/mol. The van der Waals surface area contributed by atoms with E-state index in [1.54, 1.807) is 10.6 Å². The summed E-state index contributed by atoms with van der Waals surface area (Å²) in [5, 5.41) is 14.2. The number of carbonyl (C=O) groups excluding carboxylic acids is 1. The Kier molecular flexibility index (Phi) is 5.59. The maximum Gasteiger partial charge on any atom is 0.341 e. The van der Waals surface area contributed by atoms with Crippen LogP contribution in [0.25, 0.3) is 22.3 Å². The van der Waals surface area contributed by atoms with Gasteiger partial charge in [-0.25, -0.2) is 9.31 Å². The average molecular weight is 453 g/mol. The molecule has 2 aromatic heterocycles. The lowest BCUT2D eigenvalue weighted by Gasteiger charge is -2.14. The van der Waals surface area contributed by atoms with Crippen molar-refractivity contribution < 1.29 is 19.4 Å². The molecule has 0 aliphatic heterocycles. The van der Waals surface area contributed by atoms with E-state index >= 15 is 0 Å². The number of hydrogen-bond acceptors (Lipinski definition) is 4. The average Bonchev–Trinajstić information content (AvgIpc) is 3.17. The standard InChI is InChI=1S/C27H23N3O4/c28-27(33)20-13-7-12-19-22(14-17-8-3-1-4-9-17)30-26(25(19)20)23(34-16-24(31)32)15-21(29-30)18-10-5-2-6-11-18/h1-6,8-11,13,15H,7,12,14,16H2,(H2,28,33)(H,31,32). The highest BCUT2D eigenvalue weighted by atomic mass is 16.5.